The Morgan fingerprint density at radius 3 is 2.36 bits per heavy atom. The molecule has 0 amide bonds. The average molecular weight is 222 g/mol. The van der Waals surface area contributed by atoms with Crippen LogP contribution in [0.15, 0.2) is 0 Å². The summed E-state index contributed by atoms with van der Waals surface area (Å²) in [5.41, 5.74) is 0. The molecule has 14 heavy (non-hydrogen) atoms. The largest absolute Gasteiger partial charge is 0.315 e. The van der Waals surface area contributed by atoms with Crippen LogP contribution in [0.2, 0.25) is 0 Å². The topological polar surface area (TPSA) is 49.4 Å². The maximum atomic E-state index is 11.7. The lowest BCUT2D eigenvalue weighted by molar-refractivity contribution is 0.471. The van der Waals surface area contributed by atoms with E-state index in [-0.39, 0.29) is 5.25 Å². The Balaban J connectivity index is 4.15. The zero-order valence-electron chi connectivity index (χ0n) is 9.58. The van der Waals surface area contributed by atoms with Crippen molar-refractivity contribution in [2.24, 2.45) is 0 Å². The SMILES string of the molecule is CCCNCC(C)S(=O)(=O)N(C)CC. The van der Waals surface area contributed by atoms with Gasteiger partial charge in [-0.3, -0.25) is 0 Å². The van der Waals surface area contributed by atoms with Crippen molar-refractivity contribution in [2.45, 2.75) is 32.4 Å². The average Bonchev–Trinajstić information content (AvgIpc) is 2.16. The predicted octanol–water partition coefficient (Wildman–Crippen LogP) is 0.656. The normalized spacial score (nSPS) is 14.6. The Kier molecular flexibility index (Phi) is 6.31. The number of sulfonamides is 1. The molecular formula is C9H22N2O2S. The third-order valence-corrected chi connectivity index (χ3v) is 4.56. The lowest BCUT2D eigenvalue weighted by Crippen LogP contribution is -2.40. The summed E-state index contributed by atoms with van der Waals surface area (Å²) in [6, 6.07) is 0. The first-order chi connectivity index (χ1) is 6.46. The molecule has 0 aliphatic carbocycles. The summed E-state index contributed by atoms with van der Waals surface area (Å²) in [6.45, 7) is 7.56. The van der Waals surface area contributed by atoms with Gasteiger partial charge in [0.1, 0.15) is 0 Å². The van der Waals surface area contributed by atoms with Gasteiger partial charge in [-0.25, -0.2) is 12.7 Å². The highest BCUT2D eigenvalue weighted by Gasteiger charge is 2.23. The van der Waals surface area contributed by atoms with Gasteiger partial charge in [0, 0.05) is 20.1 Å². The minimum atomic E-state index is -3.10. The van der Waals surface area contributed by atoms with E-state index in [9.17, 15) is 8.42 Å². The van der Waals surface area contributed by atoms with Crippen LogP contribution in [0.5, 0.6) is 0 Å². The van der Waals surface area contributed by atoms with Crippen LogP contribution >= 0.6 is 0 Å². The van der Waals surface area contributed by atoms with Crippen molar-refractivity contribution >= 4 is 10.0 Å². The summed E-state index contributed by atoms with van der Waals surface area (Å²) < 4.78 is 24.9. The maximum Gasteiger partial charge on any atom is 0.217 e. The van der Waals surface area contributed by atoms with Crippen molar-refractivity contribution in [1.29, 1.82) is 0 Å². The number of rotatable bonds is 7. The molecule has 0 bridgehead atoms. The van der Waals surface area contributed by atoms with E-state index in [4.69, 9.17) is 0 Å². The molecule has 0 radical (unpaired) electrons. The molecule has 0 saturated heterocycles. The fourth-order valence-electron chi connectivity index (χ4n) is 1.07. The monoisotopic (exact) mass is 222 g/mol. The van der Waals surface area contributed by atoms with Crippen LogP contribution in [0.25, 0.3) is 0 Å². The van der Waals surface area contributed by atoms with Crippen LogP contribution in [-0.4, -0.2) is 44.7 Å². The van der Waals surface area contributed by atoms with E-state index in [1.165, 1.54) is 4.31 Å². The van der Waals surface area contributed by atoms with Gasteiger partial charge in [0.15, 0.2) is 0 Å². The van der Waals surface area contributed by atoms with Gasteiger partial charge in [-0.15, -0.1) is 0 Å². The lowest BCUT2D eigenvalue weighted by Gasteiger charge is -2.20. The lowest BCUT2D eigenvalue weighted by atomic mass is 10.4. The second kappa shape index (κ2) is 6.37. The first-order valence-corrected chi connectivity index (χ1v) is 6.63. The van der Waals surface area contributed by atoms with E-state index in [0.717, 1.165) is 13.0 Å². The number of nitrogens with one attached hydrogen (secondary N) is 1. The molecule has 0 rings (SSSR count). The van der Waals surface area contributed by atoms with Gasteiger partial charge in [-0.2, -0.15) is 0 Å². The first kappa shape index (κ1) is 13.9. The second-order valence-corrected chi connectivity index (χ2v) is 5.93. The standard InChI is InChI=1S/C9H22N2O2S/c1-5-7-10-8-9(3)14(12,13)11(4)6-2/h9-10H,5-8H2,1-4H3. The van der Waals surface area contributed by atoms with E-state index >= 15 is 0 Å². The van der Waals surface area contributed by atoms with Crippen LogP contribution in [0.4, 0.5) is 0 Å². The Bertz CT molecular complexity index is 239. The van der Waals surface area contributed by atoms with E-state index in [1.54, 1.807) is 14.0 Å². The first-order valence-electron chi connectivity index (χ1n) is 5.12. The molecule has 0 aromatic carbocycles. The van der Waals surface area contributed by atoms with Crippen molar-refractivity contribution in [3.63, 3.8) is 0 Å². The maximum absolute atomic E-state index is 11.7. The summed E-state index contributed by atoms with van der Waals surface area (Å²) in [6.07, 6.45) is 1.02. The van der Waals surface area contributed by atoms with E-state index in [0.29, 0.717) is 13.1 Å². The molecule has 1 N–H and O–H groups in total. The summed E-state index contributed by atoms with van der Waals surface area (Å²) in [5, 5.41) is 2.77. The van der Waals surface area contributed by atoms with Gasteiger partial charge in [-0.05, 0) is 19.9 Å². The molecule has 0 aliphatic heterocycles. The number of hydrogen-bond donors (Lipinski definition) is 1. The van der Waals surface area contributed by atoms with Crippen molar-refractivity contribution in [3.8, 4) is 0 Å². The van der Waals surface area contributed by atoms with Gasteiger partial charge < -0.3 is 5.32 Å². The molecule has 1 atom stereocenters. The Morgan fingerprint density at radius 2 is 1.93 bits per heavy atom. The Morgan fingerprint density at radius 1 is 1.36 bits per heavy atom. The molecule has 4 nitrogen and oxygen atoms in total. The van der Waals surface area contributed by atoms with E-state index in [2.05, 4.69) is 12.2 Å². The molecule has 0 fully saturated rings. The molecule has 0 aromatic heterocycles. The molecule has 0 aliphatic rings. The van der Waals surface area contributed by atoms with Crippen molar-refractivity contribution in [1.82, 2.24) is 9.62 Å². The zero-order valence-corrected chi connectivity index (χ0v) is 10.4. The molecule has 86 valence electrons. The van der Waals surface area contributed by atoms with Crippen molar-refractivity contribution in [2.75, 3.05) is 26.7 Å². The third-order valence-electron chi connectivity index (χ3n) is 2.25. The zero-order chi connectivity index (χ0) is 11.2. The minimum Gasteiger partial charge on any atom is -0.315 e. The Labute approximate surface area is 87.7 Å². The molecular weight excluding hydrogens is 200 g/mol. The summed E-state index contributed by atoms with van der Waals surface area (Å²) in [4.78, 5) is 0. The fourth-order valence-corrected chi connectivity index (χ4v) is 2.38. The van der Waals surface area contributed by atoms with Crippen LogP contribution in [0.1, 0.15) is 27.2 Å². The number of nitrogens with zero attached hydrogens (tertiary/aromatic N) is 1. The molecule has 0 heterocycles. The highest BCUT2D eigenvalue weighted by molar-refractivity contribution is 7.89. The molecule has 1 unspecified atom stereocenters. The smallest absolute Gasteiger partial charge is 0.217 e. The van der Waals surface area contributed by atoms with Gasteiger partial charge >= 0.3 is 0 Å². The Hall–Kier alpha value is -0.130. The van der Waals surface area contributed by atoms with Gasteiger partial charge in [-0.1, -0.05) is 13.8 Å². The fraction of sp³-hybridized carbons (Fsp3) is 1.00. The summed E-state index contributed by atoms with van der Waals surface area (Å²) in [5.74, 6) is 0. The predicted molar refractivity (Wildman–Crippen MR) is 59.8 cm³/mol. The van der Waals surface area contributed by atoms with Crippen molar-refractivity contribution in [3.05, 3.63) is 0 Å². The van der Waals surface area contributed by atoms with Gasteiger partial charge in [0.05, 0.1) is 5.25 Å². The minimum absolute atomic E-state index is 0.348. The quantitative estimate of drug-likeness (QED) is 0.644. The second-order valence-electron chi connectivity index (χ2n) is 3.47. The van der Waals surface area contributed by atoms with Crippen LogP contribution < -0.4 is 5.32 Å². The van der Waals surface area contributed by atoms with Crippen LogP contribution in [0, 0.1) is 0 Å². The van der Waals surface area contributed by atoms with Crippen molar-refractivity contribution < 1.29 is 8.42 Å². The molecule has 0 saturated carbocycles. The molecule has 5 heteroatoms. The van der Waals surface area contributed by atoms with Crippen LogP contribution in [0.3, 0.4) is 0 Å². The van der Waals surface area contributed by atoms with Crippen LogP contribution in [-0.2, 0) is 10.0 Å². The molecule has 0 aromatic rings. The highest BCUT2D eigenvalue weighted by atomic mass is 32.2. The third kappa shape index (κ3) is 3.94. The molecule has 0 spiro atoms. The summed E-state index contributed by atoms with van der Waals surface area (Å²) in [7, 11) is -1.48. The number of hydrogen-bond acceptors (Lipinski definition) is 3. The van der Waals surface area contributed by atoms with Gasteiger partial charge in [0.2, 0.25) is 10.0 Å². The van der Waals surface area contributed by atoms with E-state index < -0.39 is 10.0 Å². The van der Waals surface area contributed by atoms with E-state index in [1.807, 2.05) is 6.92 Å². The summed E-state index contributed by atoms with van der Waals surface area (Å²) >= 11 is 0. The highest BCUT2D eigenvalue weighted by Crippen LogP contribution is 2.05. The van der Waals surface area contributed by atoms with Gasteiger partial charge in [0.25, 0.3) is 0 Å².